The second-order valence-electron chi connectivity index (χ2n) is 4.56. The minimum atomic E-state index is -0.0301. The molecule has 3 heterocycles. The van der Waals surface area contributed by atoms with E-state index in [0.29, 0.717) is 24.5 Å². The summed E-state index contributed by atoms with van der Waals surface area (Å²) in [7, 11) is 0. The van der Waals surface area contributed by atoms with E-state index < -0.39 is 0 Å². The van der Waals surface area contributed by atoms with E-state index in [1.807, 2.05) is 0 Å². The predicted octanol–water partition coefficient (Wildman–Crippen LogP) is 1.17. The molecule has 1 fully saturated rings. The van der Waals surface area contributed by atoms with Crippen LogP contribution in [0.1, 0.15) is 16.8 Å². The Hall–Kier alpha value is -2.50. The zero-order chi connectivity index (χ0) is 13.8. The van der Waals surface area contributed by atoms with Crippen LogP contribution >= 0.6 is 0 Å². The van der Waals surface area contributed by atoms with Crippen LogP contribution in [0.3, 0.4) is 0 Å². The van der Waals surface area contributed by atoms with E-state index in [1.165, 1.54) is 0 Å². The van der Waals surface area contributed by atoms with Crippen LogP contribution in [0.15, 0.2) is 43.1 Å². The number of amides is 1. The van der Waals surface area contributed by atoms with Crippen molar-refractivity contribution in [1.82, 2.24) is 19.9 Å². The van der Waals surface area contributed by atoms with Gasteiger partial charge in [-0.15, -0.1) is 0 Å². The van der Waals surface area contributed by atoms with Gasteiger partial charge in [-0.05, 0) is 12.1 Å². The van der Waals surface area contributed by atoms with Crippen molar-refractivity contribution in [2.24, 2.45) is 0 Å². The molecule has 102 valence electrons. The first-order chi connectivity index (χ1) is 9.83. The molecule has 0 N–H and O–H groups in total. The summed E-state index contributed by atoms with van der Waals surface area (Å²) in [5.41, 5.74) is 0.653. The topological polar surface area (TPSA) is 68.2 Å². The molecular formula is C14H14N4O2. The van der Waals surface area contributed by atoms with Crippen LogP contribution in [0.5, 0.6) is 5.88 Å². The van der Waals surface area contributed by atoms with Crippen molar-refractivity contribution in [2.45, 2.75) is 12.5 Å². The lowest BCUT2D eigenvalue weighted by Gasteiger charge is -2.16. The molecule has 0 aromatic carbocycles. The summed E-state index contributed by atoms with van der Waals surface area (Å²) in [5.74, 6) is 0.508. The Kier molecular flexibility index (Phi) is 3.54. The molecule has 6 heteroatoms. The van der Waals surface area contributed by atoms with Gasteiger partial charge in [0, 0.05) is 43.3 Å². The minimum Gasteiger partial charge on any atom is -0.471 e. The van der Waals surface area contributed by atoms with Gasteiger partial charge in [0.1, 0.15) is 6.10 Å². The molecule has 3 rings (SSSR count). The summed E-state index contributed by atoms with van der Waals surface area (Å²) >= 11 is 0. The maximum absolute atomic E-state index is 12.3. The second kappa shape index (κ2) is 5.64. The van der Waals surface area contributed by atoms with E-state index in [1.54, 1.807) is 48.0 Å². The van der Waals surface area contributed by atoms with Crippen molar-refractivity contribution >= 4 is 5.91 Å². The minimum absolute atomic E-state index is 0.0117. The molecule has 1 aliphatic heterocycles. The van der Waals surface area contributed by atoms with Gasteiger partial charge in [0.2, 0.25) is 5.88 Å². The maximum Gasteiger partial charge on any atom is 0.254 e. The highest BCUT2D eigenvalue weighted by Crippen LogP contribution is 2.17. The van der Waals surface area contributed by atoms with E-state index in [-0.39, 0.29) is 12.0 Å². The van der Waals surface area contributed by atoms with Gasteiger partial charge in [-0.1, -0.05) is 0 Å². The van der Waals surface area contributed by atoms with Crippen molar-refractivity contribution in [3.8, 4) is 5.88 Å². The molecule has 1 unspecified atom stereocenters. The van der Waals surface area contributed by atoms with E-state index >= 15 is 0 Å². The third-order valence-corrected chi connectivity index (χ3v) is 3.19. The number of likely N-dealkylation sites (tertiary alicyclic amines) is 1. The second-order valence-corrected chi connectivity index (χ2v) is 4.56. The van der Waals surface area contributed by atoms with Gasteiger partial charge in [0.25, 0.3) is 5.91 Å². The summed E-state index contributed by atoms with van der Waals surface area (Å²) in [6.45, 7) is 1.25. The Balaban J connectivity index is 1.61. The van der Waals surface area contributed by atoms with Gasteiger partial charge in [-0.25, -0.2) is 4.98 Å². The van der Waals surface area contributed by atoms with Gasteiger partial charge >= 0.3 is 0 Å². The lowest BCUT2D eigenvalue weighted by atomic mass is 10.2. The summed E-state index contributed by atoms with van der Waals surface area (Å²) in [6.07, 6.45) is 8.77. The van der Waals surface area contributed by atoms with E-state index in [4.69, 9.17) is 4.74 Å². The largest absolute Gasteiger partial charge is 0.471 e. The summed E-state index contributed by atoms with van der Waals surface area (Å²) in [5, 5.41) is 0. The maximum atomic E-state index is 12.3. The molecule has 20 heavy (non-hydrogen) atoms. The Morgan fingerprint density at radius 2 is 2.05 bits per heavy atom. The highest BCUT2D eigenvalue weighted by atomic mass is 16.5. The number of pyridine rings is 1. The molecule has 2 aromatic heterocycles. The van der Waals surface area contributed by atoms with Crippen LogP contribution in [-0.4, -0.2) is 45.0 Å². The monoisotopic (exact) mass is 270 g/mol. The fourth-order valence-electron chi connectivity index (χ4n) is 2.20. The first-order valence-electron chi connectivity index (χ1n) is 6.45. The zero-order valence-electron chi connectivity index (χ0n) is 10.8. The number of carbonyl (C=O) groups is 1. The third-order valence-electron chi connectivity index (χ3n) is 3.19. The van der Waals surface area contributed by atoms with E-state index in [2.05, 4.69) is 15.0 Å². The summed E-state index contributed by atoms with van der Waals surface area (Å²) < 4.78 is 5.71. The molecule has 1 amide bonds. The molecule has 6 nitrogen and oxygen atoms in total. The fourth-order valence-corrected chi connectivity index (χ4v) is 2.20. The highest BCUT2D eigenvalue weighted by molar-refractivity contribution is 5.94. The van der Waals surface area contributed by atoms with Crippen molar-refractivity contribution in [2.75, 3.05) is 13.1 Å². The Morgan fingerprint density at radius 1 is 1.20 bits per heavy atom. The van der Waals surface area contributed by atoms with Crippen molar-refractivity contribution in [3.05, 3.63) is 48.7 Å². The van der Waals surface area contributed by atoms with E-state index in [0.717, 1.165) is 6.42 Å². The SMILES string of the molecule is O=C(c1ccncc1)N1CCC(Oc2cnccn2)C1. The lowest BCUT2D eigenvalue weighted by Crippen LogP contribution is -2.31. The average molecular weight is 270 g/mol. The molecular weight excluding hydrogens is 256 g/mol. The van der Waals surface area contributed by atoms with Crippen LogP contribution in [0.25, 0.3) is 0 Å². The summed E-state index contributed by atoms with van der Waals surface area (Å²) in [6, 6.07) is 3.44. The number of carbonyl (C=O) groups excluding carboxylic acids is 1. The lowest BCUT2D eigenvalue weighted by molar-refractivity contribution is 0.0771. The van der Waals surface area contributed by atoms with Crippen LogP contribution in [0.4, 0.5) is 0 Å². The quantitative estimate of drug-likeness (QED) is 0.837. The zero-order valence-corrected chi connectivity index (χ0v) is 10.8. The Morgan fingerprint density at radius 3 is 2.80 bits per heavy atom. The molecule has 0 bridgehead atoms. The van der Waals surface area contributed by atoms with Crippen LogP contribution in [0, 0.1) is 0 Å². The number of ether oxygens (including phenoxy) is 1. The molecule has 1 saturated heterocycles. The highest BCUT2D eigenvalue weighted by Gasteiger charge is 2.28. The van der Waals surface area contributed by atoms with E-state index in [9.17, 15) is 4.79 Å². The third kappa shape index (κ3) is 2.74. The average Bonchev–Trinajstić information content (AvgIpc) is 2.97. The molecule has 0 saturated carbocycles. The molecule has 0 aliphatic carbocycles. The fraction of sp³-hybridized carbons (Fsp3) is 0.286. The molecule has 1 aliphatic rings. The standard InChI is InChI=1S/C14H14N4O2/c19-14(11-1-4-15-5-2-11)18-8-3-12(10-18)20-13-9-16-6-7-17-13/h1-2,4-7,9,12H,3,8,10H2. The number of hydrogen-bond donors (Lipinski definition) is 0. The smallest absolute Gasteiger partial charge is 0.254 e. The van der Waals surface area contributed by atoms with Gasteiger partial charge in [-0.2, -0.15) is 0 Å². The molecule has 0 spiro atoms. The Labute approximate surface area is 116 Å². The van der Waals surface area contributed by atoms with Crippen LogP contribution in [0.2, 0.25) is 0 Å². The van der Waals surface area contributed by atoms with Crippen molar-refractivity contribution in [3.63, 3.8) is 0 Å². The van der Waals surface area contributed by atoms with Crippen LogP contribution in [-0.2, 0) is 0 Å². The number of rotatable bonds is 3. The van der Waals surface area contributed by atoms with Gasteiger partial charge in [0.05, 0.1) is 12.7 Å². The van der Waals surface area contributed by atoms with Gasteiger partial charge in [-0.3, -0.25) is 14.8 Å². The molecule has 2 aromatic rings. The normalized spacial score (nSPS) is 18.0. The van der Waals surface area contributed by atoms with Crippen molar-refractivity contribution < 1.29 is 9.53 Å². The predicted molar refractivity (Wildman–Crippen MR) is 71.2 cm³/mol. The Bertz CT molecular complexity index is 576. The van der Waals surface area contributed by atoms with Crippen LogP contribution < -0.4 is 4.74 Å². The number of aromatic nitrogens is 3. The van der Waals surface area contributed by atoms with Crippen molar-refractivity contribution in [1.29, 1.82) is 0 Å². The van der Waals surface area contributed by atoms with Gasteiger partial charge in [0.15, 0.2) is 0 Å². The van der Waals surface area contributed by atoms with Gasteiger partial charge < -0.3 is 9.64 Å². The molecule has 0 radical (unpaired) electrons. The first kappa shape index (κ1) is 12.5. The number of nitrogens with zero attached hydrogens (tertiary/aromatic N) is 4. The number of hydrogen-bond acceptors (Lipinski definition) is 5. The first-order valence-corrected chi connectivity index (χ1v) is 6.45. The summed E-state index contributed by atoms with van der Waals surface area (Å²) in [4.78, 5) is 26.0. The molecule has 1 atom stereocenters.